The molecule has 0 aliphatic carbocycles. The molecule has 0 aliphatic heterocycles. The van der Waals surface area contributed by atoms with Crippen LogP contribution in [0, 0.1) is 5.92 Å². The Morgan fingerprint density at radius 1 is 0.828 bits per heavy atom. The van der Waals surface area contributed by atoms with Gasteiger partial charge in [0.05, 0.1) is 12.2 Å². The fourth-order valence-electron chi connectivity index (χ4n) is 2.87. The van der Waals surface area contributed by atoms with E-state index in [1.54, 1.807) is 48.5 Å². The summed E-state index contributed by atoms with van der Waals surface area (Å²) in [6.45, 7) is 5.56. The van der Waals surface area contributed by atoms with Crippen LogP contribution in [0.15, 0.2) is 48.5 Å². The second kappa shape index (κ2) is 12.6. The molecule has 0 saturated heterocycles. The van der Waals surface area contributed by atoms with E-state index in [0.717, 1.165) is 18.1 Å². The lowest BCUT2D eigenvalue weighted by Gasteiger charge is -2.08. The summed E-state index contributed by atoms with van der Waals surface area (Å²) >= 11 is 0. The number of hydrogen-bond acceptors (Lipinski definition) is 5. The van der Waals surface area contributed by atoms with E-state index in [1.807, 2.05) is 0 Å². The summed E-state index contributed by atoms with van der Waals surface area (Å²) in [5, 5.41) is 0. The summed E-state index contributed by atoms with van der Waals surface area (Å²) in [6, 6.07) is 13.2. The first-order valence-corrected chi connectivity index (χ1v) is 10.2. The SMILES string of the molecule is CC(C)CCCCCCCOc1ccc(C(=O)Oc2ccc(OC=O)cc2)cc1. The highest BCUT2D eigenvalue weighted by atomic mass is 16.5. The first kappa shape index (κ1) is 22.5. The molecule has 0 bridgehead atoms. The molecule has 0 N–H and O–H groups in total. The lowest BCUT2D eigenvalue weighted by Crippen LogP contribution is -2.08. The van der Waals surface area contributed by atoms with E-state index in [2.05, 4.69) is 13.8 Å². The molecule has 2 aromatic carbocycles. The van der Waals surface area contributed by atoms with E-state index < -0.39 is 5.97 Å². The molecule has 156 valence electrons. The Bertz CT molecular complexity index is 735. The Morgan fingerprint density at radius 3 is 2.07 bits per heavy atom. The third-order valence-electron chi connectivity index (χ3n) is 4.50. The van der Waals surface area contributed by atoms with Crippen molar-refractivity contribution in [1.29, 1.82) is 0 Å². The molecule has 0 spiro atoms. The number of rotatable bonds is 13. The van der Waals surface area contributed by atoms with Gasteiger partial charge in [-0.2, -0.15) is 0 Å². The first-order valence-electron chi connectivity index (χ1n) is 10.2. The van der Waals surface area contributed by atoms with Crippen LogP contribution in [0.2, 0.25) is 0 Å². The summed E-state index contributed by atoms with van der Waals surface area (Å²) in [7, 11) is 0. The van der Waals surface area contributed by atoms with Gasteiger partial charge in [-0.15, -0.1) is 0 Å². The molecule has 2 aromatic rings. The average Bonchev–Trinajstić information content (AvgIpc) is 2.72. The zero-order chi connectivity index (χ0) is 20.9. The molecule has 0 heterocycles. The summed E-state index contributed by atoms with van der Waals surface area (Å²) in [5.41, 5.74) is 0.440. The van der Waals surface area contributed by atoms with Gasteiger partial charge in [-0.25, -0.2) is 4.79 Å². The number of ether oxygens (including phenoxy) is 3. The van der Waals surface area contributed by atoms with Gasteiger partial charge in [0.2, 0.25) is 0 Å². The lowest BCUT2D eigenvalue weighted by molar-refractivity contribution is -0.120. The van der Waals surface area contributed by atoms with Crippen molar-refractivity contribution >= 4 is 12.4 Å². The molecule has 29 heavy (non-hydrogen) atoms. The third kappa shape index (κ3) is 8.81. The quantitative estimate of drug-likeness (QED) is 0.184. The summed E-state index contributed by atoms with van der Waals surface area (Å²) in [5.74, 6) is 1.85. The normalized spacial score (nSPS) is 10.6. The van der Waals surface area contributed by atoms with Crippen molar-refractivity contribution in [2.45, 2.75) is 52.4 Å². The summed E-state index contributed by atoms with van der Waals surface area (Å²) < 4.78 is 15.8. The van der Waals surface area contributed by atoms with Crippen LogP contribution < -0.4 is 14.2 Å². The van der Waals surface area contributed by atoms with E-state index >= 15 is 0 Å². The fraction of sp³-hybridized carbons (Fsp3) is 0.417. The molecule has 0 saturated carbocycles. The second-order valence-electron chi connectivity index (χ2n) is 7.40. The van der Waals surface area contributed by atoms with Gasteiger partial charge in [0.25, 0.3) is 6.47 Å². The van der Waals surface area contributed by atoms with Gasteiger partial charge < -0.3 is 14.2 Å². The van der Waals surface area contributed by atoms with Gasteiger partial charge in [0, 0.05) is 0 Å². The number of hydrogen-bond donors (Lipinski definition) is 0. The zero-order valence-electron chi connectivity index (χ0n) is 17.3. The minimum atomic E-state index is -0.456. The minimum absolute atomic E-state index is 0.346. The number of carbonyl (C=O) groups is 2. The van der Waals surface area contributed by atoms with Gasteiger partial charge in [0.15, 0.2) is 0 Å². The van der Waals surface area contributed by atoms with Crippen molar-refractivity contribution in [3.8, 4) is 17.2 Å². The fourth-order valence-corrected chi connectivity index (χ4v) is 2.87. The van der Waals surface area contributed by atoms with E-state index in [1.165, 1.54) is 32.1 Å². The molecule has 0 atom stereocenters. The van der Waals surface area contributed by atoms with E-state index in [-0.39, 0.29) is 0 Å². The maximum absolute atomic E-state index is 12.2. The van der Waals surface area contributed by atoms with Crippen LogP contribution in [0.25, 0.3) is 0 Å². The van der Waals surface area contributed by atoms with Crippen molar-refractivity contribution in [3.63, 3.8) is 0 Å². The number of carbonyl (C=O) groups excluding carboxylic acids is 2. The van der Waals surface area contributed by atoms with Gasteiger partial charge >= 0.3 is 5.97 Å². The highest BCUT2D eigenvalue weighted by Crippen LogP contribution is 2.19. The van der Waals surface area contributed by atoms with Crippen LogP contribution in [0.5, 0.6) is 17.2 Å². The highest BCUT2D eigenvalue weighted by Gasteiger charge is 2.09. The largest absolute Gasteiger partial charge is 0.494 e. The lowest BCUT2D eigenvalue weighted by atomic mass is 10.0. The maximum atomic E-state index is 12.2. The molecule has 0 aliphatic rings. The van der Waals surface area contributed by atoms with Crippen molar-refractivity contribution < 1.29 is 23.8 Å². The van der Waals surface area contributed by atoms with Crippen LogP contribution in [-0.2, 0) is 4.79 Å². The number of esters is 1. The molecule has 0 fully saturated rings. The highest BCUT2D eigenvalue weighted by molar-refractivity contribution is 5.91. The molecular formula is C24H30O5. The van der Waals surface area contributed by atoms with Crippen LogP contribution in [0.4, 0.5) is 0 Å². The first-order chi connectivity index (χ1) is 14.1. The smallest absolute Gasteiger partial charge is 0.343 e. The molecule has 0 unspecified atom stereocenters. The number of benzene rings is 2. The molecule has 5 nitrogen and oxygen atoms in total. The molecule has 2 rings (SSSR count). The Labute approximate surface area is 173 Å². The summed E-state index contributed by atoms with van der Waals surface area (Å²) in [4.78, 5) is 22.5. The van der Waals surface area contributed by atoms with Crippen LogP contribution in [-0.4, -0.2) is 19.0 Å². The Hall–Kier alpha value is -2.82. The second-order valence-corrected chi connectivity index (χ2v) is 7.40. The summed E-state index contributed by atoms with van der Waals surface area (Å²) in [6.07, 6.45) is 7.39. The van der Waals surface area contributed by atoms with Gasteiger partial charge in [-0.05, 0) is 60.9 Å². The Balaban J connectivity index is 1.68. The predicted molar refractivity (Wildman–Crippen MR) is 113 cm³/mol. The van der Waals surface area contributed by atoms with Crippen molar-refractivity contribution in [2.75, 3.05) is 6.61 Å². The van der Waals surface area contributed by atoms with Gasteiger partial charge in [-0.3, -0.25) is 4.79 Å². The molecule has 5 heteroatoms. The molecular weight excluding hydrogens is 368 g/mol. The van der Waals surface area contributed by atoms with Crippen molar-refractivity contribution in [3.05, 3.63) is 54.1 Å². The Morgan fingerprint density at radius 2 is 1.41 bits per heavy atom. The minimum Gasteiger partial charge on any atom is -0.494 e. The van der Waals surface area contributed by atoms with Crippen LogP contribution in [0.3, 0.4) is 0 Å². The van der Waals surface area contributed by atoms with Crippen molar-refractivity contribution in [2.24, 2.45) is 5.92 Å². The van der Waals surface area contributed by atoms with E-state index in [9.17, 15) is 9.59 Å². The topological polar surface area (TPSA) is 61.8 Å². The molecule has 0 aromatic heterocycles. The average molecular weight is 398 g/mol. The molecule has 0 amide bonds. The maximum Gasteiger partial charge on any atom is 0.343 e. The Kier molecular flexibility index (Phi) is 9.76. The molecule has 0 radical (unpaired) electrons. The van der Waals surface area contributed by atoms with Gasteiger partial charge in [0.1, 0.15) is 17.2 Å². The van der Waals surface area contributed by atoms with E-state index in [0.29, 0.717) is 30.1 Å². The van der Waals surface area contributed by atoms with Crippen LogP contribution >= 0.6 is 0 Å². The third-order valence-corrected chi connectivity index (χ3v) is 4.50. The zero-order valence-corrected chi connectivity index (χ0v) is 17.3. The standard InChI is InChI=1S/C24H30O5/c1-19(2)8-6-4-3-5-7-17-27-21-11-9-20(10-12-21)24(26)29-23-15-13-22(14-16-23)28-18-25/h9-16,18-19H,3-8,17H2,1-2H3. The predicted octanol–water partition coefficient (Wildman–Crippen LogP) is 5.82. The number of unbranched alkanes of at least 4 members (excludes halogenated alkanes) is 4. The van der Waals surface area contributed by atoms with Crippen molar-refractivity contribution in [1.82, 2.24) is 0 Å². The van der Waals surface area contributed by atoms with Crippen LogP contribution in [0.1, 0.15) is 62.7 Å². The van der Waals surface area contributed by atoms with E-state index in [4.69, 9.17) is 14.2 Å². The van der Waals surface area contributed by atoms with Gasteiger partial charge in [-0.1, -0.05) is 46.0 Å². The monoisotopic (exact) mass is 398 g/mol.